The average molecular weight is 385 g/mol. The van der Waals surface area contributed by atoms with Crippen LogP contribution in [0.3, 0.4) is 0 Å². The van der Waals surface area contributed by atoms with Gasteiger partial charge in [0.25, 0.3) is 0 Å². The minimum Gasteiger partial charge on any atom is -0.293 e. The van der Waals surface area contributed by atoms with Crippen molar-refractivity contribution in [2.45, 2.75) is 19.3 Å². The molecule has 8 heteroatoms. The first kappa shape index (κ1) is 18.4. The number of halogens is 2. The lowest BCUT2D eigenvalue weighted by Gasteiger charge is -2.07. The molecule has 0 saturated carbocycles. The van der Waals surface area contributed by atoms with Crippen LogP contribution in [0.2, 0.25) is 9.36 Å². The number of hydrogen-bond donors (Lipinski definition) is 2. The van der Waals surface area contributed by atoms with Crippen LogP contribution >= 0.6 is 34.5 Å². The Balaban J connectivity index is 1.69. The molecule has 2 amide bonds. The third kappa shape index (κ3) is 5.96. The van der Waals surface area contributed by atoms with Gasteiger partial charge in [-0.05, 0) is 29.8 Å². The van der Waals surface area contributed by atoms with Gasteiger partial charge in [0, 0.05) is 17.9 Å². The molecule has 1 heterocycles. The monoisotopic (exact) mass is 384 g/mol. The van der Waals surface area contributed by atoms with Crippen molar-refractivity contribution in [3.8, 4) is 0 Å². The zero-order valence-electron chi connectivity index (χ0n) is 12.5. The van der Waals surface area contributed by atoms with Crippen LogP contribution in [0.4, 0.5) is 0 Å². The number of nitrogens with one attached hydrogen (secondary N) is 2. The minimum absolute atomic E-state index is 0.0183. The van der Waals surface area contributed by atoms with E-state index in [9.17, 15) is 14.4 Å². The van der Waals surface area contributed by atoms with Crippen LogP contribution in [-0.4, -0.2) is 17.6 Å². The Morgan fingerprint density at radius 1 is 0.875 bits per heavy atom. The second kappa shape index (κ2) is 8.82. The summed E-state index contributed by atoms with van der Waals surface area (Å²) in [6, 6.07) is 10.1. The maximum atomic E-state index is 11.8. The molecule has 126 valence electrons. The molecule has 5 nitrogen and oxygen atoms in total. The van der Waals surface area contributed by atoms with Crippen LogP contribution < -0.4 is 10.9 Å². The van der Waals surface area contributed by atoms with E-state index in [2.05, 4.69) is 10.9 Å². The van der Waals surface area contributed by atoms with Gasteiger partial charge in [0.1, 0.15) is 0 Å². The summed E-state index contributed by atoms with van der Waals surface area (Å²) in [6.07, 6.45) is 0.148. The lowest BCUT2D eigenvalue weighted by Crippen LogP contribution is -2.42. The van der Waals surface area contributed by atoms with E-state index in [1.165, 1.54) is 11.3 Å². The van der Waals surface area contributed by atoms with Crippen molar-refractivity contribution in [2.24, 2.45) is 0 Å². The first-order chi connectivity index (χ1) is 11.4. The third-order valence-corrected chi connectivity index (χ3v) is 4.57. The summed E-state index contributed by atoms with van der Waals surface area (Å²) < 4.78 is 0.525. The Morgan fingerprint density at radius 3 is 2.17 bits per heavy atom. The van der Waals surface area contributed by atoms with E-state index in [1.54, 1.807) is 36.4 Å². The Hall–Kier alpha value is -1.89. The molecule has 0 aliphatic heterocycles. The summed E-state index contributed by atoms with van der Waals surface area (Å²) in [5, 5.41) is 0.587. The fourth-order valence-electron chi connectivity index (χ4n) is 1.85. The molecule has 0 fully saturated rings. The van der Waals surface area contributed by atoms with Gasteiger partial charge in [-0.1, -0.05) is 35.3 Å². The van der Waals surface area contributed by atoms with Gasteiger partial charge in [0.2, 0.25) is 11.8 Å². The van der Waals surface area contributed by atoms with E-state index in [1.807, 2.05) is 0 Å². The van der Waals surface area contributed by atoms with Gasteiger partial charge in [0.15, 0.2) is 5.78 Å². The number of amides is 2. The molecule has 24 heavy (non-hydrogen) atoms. The highest BCUT2D eigenvalue weighted by Crippen LogP contribution is 2.22. The summed E-state index contributed by atoms with van der Waals surface area (Å²) in [5.41, 5.74) is 5.37. The minimum atomic E-state index is -0.435. The Labute approximate surface area is 152 Å². The van der Waals surface area contributed by atoms with E-state index in [4.69, 9.17) is 23.2 Å². The first-order valence-corrected chi connectivity index (χ1v) is 8.62. The third-order valence-electron chi connectivity index (χ3n) is 3.05. The molecule has 1 aromatic heterocycles. The van der Waals surface area contributed by atoms with E-state index in [0.717, 1.165) is 5.56 Å². The molecule has 0 aliphatic carbocycles. The molecule has 0 bridgehead atoms. The topological polar surface area (TPSA) is 75.3 Å². The molecule has 0 radical (unpaired) electrons. The number of benzene rings is 1. The molecule has 0 saturated heterocycles. The lowest BCUT2D eigenvalue weighted by molar-refractivity contribution is -0.128. The van der Waals surface area contributed by atoms with Gasteiger partial charge in [0.05, 0.1) is 15.6 Å². The molecule has 0 unspecified atom stereocenters. The van der Waals surface area contributed by atoms with Crippen molar-refractivity contribution in [1.29, 1.82) is 0 Å². The molecule has 0 aliphatic rings. The fourth-order valence-corrected chi connectivity index (χ4v) is 2.98. The second-order valence-corrected chi connectivity index (χ2v) is 7.08. The summed E-state index contributed by atoms with van der Waals surface area (Å²) in [4.78, 5) is 35.7. The fraction of sp³-hybridized carbons (Fsp3) is 0.188. The van der Waals surface area contributed by atoms with E-state index >= 15 is 0 Å². The summed E-state index contributed by atoms with van der Waals surface area (Å²) in [6.45, 7) is 0. The summed E-state index contributed by atoms with van der Waals surface area (Å²) in [5.74, 6) is -0.952. The summed E-state index contributed by atoms with van der Waals surface area (Å²) >= 11 is 12.7. The Bertz CT molecular complexity index is 744. The van der Waals surface area contributed by atoms with Gasteiger partial charge >= 0.3 is 0 Å². The molecule has 0 spiro atoms. The van der Waals surface area contributed by atoms with Gasteiger partial charge in [-0.3, -0.25) is 25.2 Å². The van der Waals surface area contributed by atoms with Crippen LogP contribution in [0.1, 0.15) is 28.1 Å². The van der Waals surface area contributed by atoms with Crippen molar-refractivity contribution >= 4 is 52.1 Å². The lowest BCUT2D eigenvalue weighted by atomic mass is 10.1. The molecular formula is C16H14Cl2N2O3S. The van der Waals surface area contributed by atoms with E-state index in [-0.39, 0.29) is 31.0 Å². The van der Waals surface area contributed by atoms with Crippen LogP contribution in [0.5, 0.6) is 0 Å². The number of hydrogen-bond acceptors (Lipinski definition) is 4. The van der Waals surface area contributed by atoms with Gasteiger partial charge in [-0.15, -0.1) is 11.3 Å². The van der Waals surface area contributed by atoms with Crippen molar-refractivity contribution in [3.05, 3.63) is 56.2 Å². The number of rotatable bonds is 6. The average Bonchev–Trinajstić information content (AvgIpc) is 2.99. The highest BCUT2D eigenvalue weighted by atomic mass is 35.5. The number of carbonyl (C=O) groups is 3. The van der Waals surface area contributed by atoms with Crippen LogP contribution in [0.15, 0.2) is 36.4 Å². The highest BCUT2D eigenvalue weighted by molar-refractivity contribution is 7.18. The number of carbonyl (C=O) groups excluding carboxylic acids is 3. The molecule has 2 aromatic rings. The van der Waals surface area contributed by atoms with Crippen molar-refractivity contribution < 1.29 is 14.4 Å². The smallest absolute Gasteiger partial charge is 0.242 e. The van der Waals surface area contributed by atoms with E-state index < -0.39 is 5.91 Å². The zero-order valence-corrected chi connectivity index (χ0v) is 14.8. The molecule has 0 atom stereocenters. The maximum Gasteiger partial charge on any atom is 0.242 e. The van der Waals surface area contributed by atoms with Crippen LogP contribution in [0.25, 0.3) is 0 Å². The Kier molecular flexibility index (Phi) is 6.78. The molecular weight excluding hydrogens is 371 g/mol. The van der Waals surface area contributed by atoms with Crippen LogP contribution in [-0.2, 0) is 16.0 Å². The standard InChI is InChI=1S/C16H14Cl2N2O3S/c17-11-3-1-10(2-4-11)9-16(23)20-19-15(22)8-5-12(21)13-6-7-14(18)24-13/h1-4,6-7H,5,8-9H2,(H,19,22)(H,20,23). The van der Waals surface area contributed by atoms with Gasteiger partial charge in [-0.2, -0.15) is 0 Å². The summed E-state index contributed by atoms with van der Waals surface area (Å²) in [7, 11) is 0. The van der Waals surface area contributed by atoms with Gasteiger partial charge < -0.3 is 0 Å². The predicted octanol–water partition coefficient (Wildman–Crippen LogP) is 3.41. The largest absolute Gasteiger partial charge is 0.293 e. The van der Waals surface area contributed by atoms with E-state index in [0.29, 0.717) is 14.2 Å². The Morgan fingerprint density at radius 2 is 1.54 bits per heavy atom. The first-order valence-electron chi connectivity index (χ1n) is 7.04. The quantitative estimate of drug-likeness (QED) is 0.591. The molecule has 2 N–H and O–H groups in total. The zero-order chi connectivity index (χ0) is 17.5. The number of Topliss-reactive ketones (excluding diaryl/α,β-unsaturated/α-hetero) is 1. The van der Waals surface area contributed by atoms with Gasteiger partial charge in [-0.25, -0.2) is 0 Å². The predicted molar refractivity (Wildman–Crippen MR) is 94.3 cm³/mol. The normalized spacial score (nSPS) is 10.2. The number of ketones is 1. The van der Waals surface area contributed by atoms with Crippen molar-refractivity contribution in [2.75, 3.05) is 0 Å². The van der Waals surface area contributed by atoms with Crippen molar-refractivity contribution in [3.63, 3.8) is 0 Å². The maximum absolute atomic E-state index is 11.8. The number of thiophene rings is 1. The molecule has 2 rings (SSSR count). The number of hydrazine groups is 1. The van der Waals surface area contributed by atoms with Crippen molar-refractivity contribution in [1.82, 2.24) is 10.9 Å². The second-order valence-electron chi connectivity index (χ2n) is 4.93. The van der Waals surface area contributed by atoms with Crippen LogP contribution in [0, 0.1) is 0 Å². The SMILES string of the molecule is O=C(CCC(=O)c1ccc(Cl)s1)NNC(=O)Cc1ccc(Cl)cc1. The molecule has 1 aromatic carbocycles. The highest BCUT2D eigenvalue weighted by Gasteiger charge is 2.12.